The predicted molar refractivity (Wildman–Crippen MR) is 124 cm³/mol. The van der Waals surface area contributed by atoms with Gasteiger partial charge in [-0.05, 0) is 35.4 Å². The van der Waals surface area contributed by atoms with E-state index in [0.29, 0.717) is 44.2 Å². The highest BCUT2D eigenvalue weighted by atomic mass is 19.1. The molecule has 1 aliphatic heterocycles. The zero-order chi connectivity index (χ0) is 24.1. The Bertz CT molecular complexity index is 1220. The molecule has 8 heteroatoms. The first-order valence-electron chi connectivity index (χ1n) is 11.2. The fourth-order valence-electron chi connectivity index (χ4n) is 4.11. The molecule has 1 saturated heterocycles. The standard InChI is InChI=1S/C26H25F2N3O3/c27-19-10-11-22(23(28)17-19)25(33)29-12-4-9-24(32)30-13-15-31(16-14-30)26(34)21-8-3-6-18-5-1-2-7-20(18)21/h1-3,5-8,10-11,17H,4,9,12-16H2,(H,29,33). The molecule has 0 radical (unpaired) electrons. The van der Waals surface area contributed by atoms with Crippen LogP contribution in [0.15, 0.2) is 60.7 Å². The summed E-state index contributed by atoms with van der Waals surface area (Å²) >= 11 is 0. The van der Waals surface area contributed by atoms with Gasteiger partial charge in [-0.1, -0.05) is 36.4 Å². The number of hydrogen-bond acceptors (Lipinski definition) is 3. The number of nitrogens with one attached hydrogen (secondary N) is 1. The number of rotatable bonds is 6. The SMILES string of the molecule is O=C(NCCCC(=O)N1CCN(C(=O)c2cccc3ccccc23)CC1)c1ccc(F)cc1F. The molecule has 4 rings (SSSR count). The van der Waals surface area contributed by atoms with Gasteiger partial charge in [0.25, 0.3) is 11.8 Å². The summed E-state index contributed by atoms with van der Waals surface area (Å²) in [5.74, 6) is -2.42. The van der Waals surface area contributed by atoms with Crippen molar-refractivity contribution in [1.82, 2.24) is 15.1 Å². The maximum Gasteiger partial charge on any atom is 0.254 e. The van der Waals surface area contributed by atoms with Crippen molar-refractivity contribution in [3.05, 3.63) is 83.4 Å². The lowest BCUT2D eigenvalue weighted by molar-refractivity contribution is -0.132. The van der Waals surface area contributed by atoms with Crippen molar-refractivity contribution in [3.63, 3.8) is 0 Å². The highest BCUT2D eigenvalue weighted by Crippen LogP contribution is 2.21. The minimum Gasteiger partial charge on any atom is -0.352 e. The first-order valence-corrected chi connectivity index (χ1v) is 11.2. The second-order valence-corrected chi connectivity index (χ2v) is 8.18. The van der Waals surface area contributed by atoms with Crippen molar-refractivity contribution in [2.75, 3.05) is 32.7 Å². The lowest BCUT2D eigenvalue weighted by atomic mass is 10.0. The number of piperazine rings is 1. The van der Waals surface area contributed by atoms with Gasteiger partial charge < -0.3 is 15.1 Å². The zero-order valence-corrected chi connectivity index (χ0v) is 18.6. The van der Waals surface area contributed by atoms with Crippen LogP contribution in [-0.2, 0) is 4.79 Å². The molecule has 1 aliphatic rings. The number of carbonyl (C=O) groups excluding carboxylic acids is 3. The third-order valence-corrected chi connectivity index (χ3v) is 5.97. The fourth-order valence-corrected chi connectivity index (χ4v) is 4.11. The van der Waals surface area contributed by atoms with Crippen LogP contribution in [0.4, 0.5) is 8.78 Å². The van der Waals surface area contributed by atoms with Crippen LogP contribution in [0.2, 0.25) is 0 Å². The molecule has 1 heterocycles. The Balaban J connectivity index is 1.23. The van der Waals surface area contributed by atoms with Crippen molar-refractivity contribution in [3.8, 4) is 0 Å². The van der Waals surface area contributed by atoms with Crippen LogP contribution in [0.5, 0.6) is 0 Å². The van der Waals surface area contributed by atoms with Crippen LogP contribution in [-0.4, -0.2) is 60.2 Å². The molecule has 3 aromatic carbocycles. The Morgan fingerprint density at radius 1 is 0.824 bits per heavy atom. The summed E-state index contributed by atoms with van der Waals surface area (Å²) in [5, 5.41) is 4.47. The number of amides is 3. The number of hydrogen-bond donors (Lipinski definition) is 1. The Labute approximate surface area is 196 Å². The molecule has 1 fully saturated rings. The van der Waals surface area contributed by atoms with E-state index in [4.69, 9.17) is 0 Å². The summed E-state index contributed by atoms with van der Waals surface area (Å²) in [6.07, 6.45) is 0.617. The molecule has 3 aromatic rings. The van der Waals surface area contributed by atoms with Crippen molar-refractivity contribution in [1.29, 1.82) is 0 Å². The first kappa shape index (κ1) is 23.4. The molecule has 0 unspecified atom stereocenters. The van der Waals surface area contributed by atoms with E-state index < -0.39 is 17.5 Å². The van der Waals surface area contributed by atoms with Gasteiger partial charge in [-0.15, -0.1) is 0 Å². The molecule has 1 N–H and O–H groups in total. The molecular formula is C26H25F2N3O3. The van der Waals surface area contributed by atoms with E-state index in [1.54, 1.807) is 9.80 Å². The highest BCUT2D eigenvalue weighted by molar-refractivity contribution is 6.07. The van der Waals surface area contributed by atoms with Crippen molar-refractivity contribution in [2.45, 2.75) is 12.8 Å². The van der Waals surface area contributed by atoms with E-state index in [2.05, 4.69) is 5.32 Å². The Hall–Kier alpha value is -3.81. The lowest BCUT2D eigenvalue weighted by Gasteiger charge is -2.35. The zero-order valence-electron chi connectivity index (χ0n) is 18.6. The summed E-state index contributed by atoms with van der Waals surface area (Å²) in [4.78, 5) is 41.1. The van der Waals surface area contributed by atoms with Crippen LogP contribution in [0.3, 0.4) is 0 Å². The molecule has 6 nitrogen and oxygen atoms in total. The molecule has 0 bridgehead atoms. The van der Waals surface area contributed by atoms with Gasteiger partial charge >= 0.3 is 0 Å². The number of fused-ring (bicyclic) bond motifs is 1. The molecular weight excluding hydrogens is 440 g/mol. The number of nitrogens with zero attached hydrogens (tertiary/aromatic N) is 2. The van der Waals surface area contributed by atoms with E-state index in [1.807, 2.05) is 42.5 Å². The molecule has 176 valence electrons. The van der Waals surface area contributed by atoms with Gasteiger partial charge in [-0.2, -0.15) is 0 Å². The minimum atomic E-state index is -0.926. The van der Waals surface area contributed by atoms with Crippen LogP contribution in [0, 0.1) is 11.6 Å². The average molecular weight is 466 g/mol. The summed E-state index contributed by atoms with van der Waals surface area (Å²) < 4.78 is 26.6. The third kappa shape index (κ3) is 5.22. The number of carbonyl (C=O) groups is 3. The number of halogens is 2. The normalized spacial score (nSPS) is 13.7. The molecule has 3 amide bonds. The van der Waals surface area contributed by atoms with Gasteiger partial charge in [-0.3, -0.25) is 14.4 Å². The third-order valence-electron chi connectivity index (χ3n) is 5.97. The first-order chi connectivity index (χ1) is 16.4. The van der Waals surface area contributed by atoms with E-state index in [9.17, 15) is 23.2 Å². The van der Waals surface area contributed by atoms with E-state index in [0.717, 1.165) is 22.9 Å². The van der Waals surface area contributed by atoms with Crippen LogP contribution in [0.25, 0.3) is 10.8 Å². The van der Waals surface area contributed by atoms with Gasteiger partial charge in [0.05, 0.1) is 5.56 Å². The van der Waals surface area contributed by atoms with E-state index in [-0.39, 0.29) is 30.3 Å². The largest absolute Gasteiger partial charge is 0.352 e. The maximum atomic E-state index is 13.7. The smallest absolute Gasteiger partial charge is 0.254 e. The Morgan fingerprint density at radius 3 is 2.29 bits per heavy atom. The second-order valence-electron chi connectivity index (χ2n) is 8.18. The minimum absolute atomic E-state index is 0.0420. The summed E-state index contributed by atoms with van der Waals surface area (Å²) in [6.45, 7) is 1.99. The Kier molecular flexibility index (Phi) is 7.15. The molecule has 0 saturated carbocycles. The summed E-state index contributed by atoms with van der Waals surface area (Å²) in [5.41, 5.74) is 0.422. The molecule has 0 aliphatic carbocycles. The van der Waals surface area contributed by atoms with Crippen LogP contribution < -0.4 is 5.32 Å². The number of benzene rings is 3. The monoisotopic (exact) mass is 465 g/mol. The van der Waals surface area contributed by atoms with Crippen LogP contribution >= 0.6 is 0 Å². The summed E-state index contributed by atoms with van der Waals surface area (Å²) in [7, 11) is 0. The topological polar surface area (TPSA) is 69.7 Å². The van der Waals surface area contributed by atoms with Gasteiger partial charge in [0, 0.05) is 50.8 Å². The van der Waals surface area contributed by atoms with E-state index in [1.165, 1.54) is 0 Å². The molecule has 0 aromatic heterocycles. The van der Waals surface area contributed by atoms with Crippen molar-refractivity contribution in [2.24, 2.45) is 0 Å². The maximum absolute atomic E-state index is 13.7. The van der Waals surface area contributed by atoms with Crippen LogP contribution in [0.1, 0.15) is 33.6 Å². The van der Waals surface area contributed by atoms with E-state index >= 15 is 0 Å². The Morgan fingerprint density at radius 2 is 1.53 bits per heavy atom. The van der Waals surface area contributed by atoms with Crippen molar-refractivity contribution >= 4 is 28.5 Å². The molecule has 34 heavy (non-hydrogen) atoms. The van der Waals surface area contributed by atoms with Gasteiger partial charge in [-0.25, -0.2) is 8.78 Å². The summed E-state index contributed by atoms with van der Waals surface area (Å²) in [6, 6.07) is 16.2. The molecule has 0 spiro atoms. The molecule has 0 atom stereocenters. The van der Waals surface area contributed by atoms with Crippen molar-refractivity contribution < 1.29 is 23.2 Å². The quantitative estimate of drug-likeness (QED) is 0.566. The fraction of sp³-hybridized carbons (Fsp3) is 0.269. The van der Waals surface area contributed by atoms with Gasteiger partial charge in [0.2, 0.25) is 5.91 Å². The lowest BCUT2D eigenvalue weighted by Crippen LogP contribution is -2.50. The average Bonchev–Trinajstić information content (AvgIpc) is 2.85. The van der Waals surface area contributed by atoms with Gasteiger partial charge in [0.15, 0.2) is 0 Å². The second kappa shape index (κ2) is 10.4. The highest BCUT2D eigenvalue weighted by Gasteiger charge is 2.25. The predicted octanol–water partition coefficient (Wildman–Crippen LogP) is 3.61. The van der Waals surface area contributed by atoms with Gasteiger partial charge in [0.1, 0.15) is 11.6 Å².